The van der Waals surface area contributed by atoms with Crippen molar-refractivity contribution in [2.45, 2.75) is 12.1 Å². The lowest BCUT2D eigenvalue weighted by Gasteiger charge is -2.06. The molecule has 4 nitrogen and oxygen atoms in total. The van der Waals surface area contributed by atoms with Crippen LogP contribution in [0.15, 0.2) is 46.0 Å². The molecule has 3 aromatic rings. The van der Waals surface area contributed by atoms with Gasteiger partial charge in [-0.3, -0.25) is 4.79 Å². The van der Waals surface area contributed by atoms with E-state index in [0.29, 0.717) is 10.7 Å². The smallest absolute Gasteiger partial charge is 0.234 e. The van der Waals surface area contributed by atoms with Gasteiger partial charge in [-0.25, -0.2) is 4.98 Å². The molecule has 118 valence electrons. The Hall–Kier alpha value is -1.50. The molecule has 7 heteroatoms. The Labute approximate surface area is 151 Å². The molecule has 2 N–H and O–H groups in total. The molecule has 23 heavy (non-hydrogen) atoms. The Kier molecular flexibility index (Phi) is 4.94. The molecule has 0 aliphatic carbocycles. The number of rotatable bonds is 4. The maximum Gasteiger partial charge on any atom is 0.234 e. The quantitative estimate of drug-likeness (QED) is 0.594. The molecule has 0 aliphatic rings. The van der Waals surface area contributed by atoms with Crippen molar-refractivity contribution in [3.8, 4) is 0 Å². The standard InChI is InChI=1S/C16H13BrClN3OS/c1-9-2-4-13-14(6-9)21-16(20-13)23-8-15(22)19-12-5-3-10(17)7-11(12)18/h2-7H,8H2,1H3,(H,19,22)(H,20,21). The zero-order valence-electron chi connectivity index (χ0n) is 12.2. The molecule has 1 heterocycles. The van der Waals surface area contributed by atoms with E-state index in [-0.39, 0.29) is 11.7 Å². The number of halogens is 2. The van der Waals surface area contributed by atoms with Crippen LogP contribution in [0.1, 0.15) is 5.56 Å². The van der Waals surface area contributed by atoms with Crippen LogP contribution in [0.5, 0.6) is 0 Å². The number of hydrogen-bond donors (Lipinski definition) is 2. The molecule has 1 aromatic heterocycles. The van der Waals surface area contributed by atoms with E-state index in [9.17, 15) is 4.79 Å². The number of aromatic nitrogens is 2. The zero-order chi connectivity index (χ0) is 16.4. The van der Waals surface area contributed by atoms with Gasteiger partial charge >= 0.3 is 0 Å². The lowest BCUT2D eigenvalue weighted by molar-refractivity contribution is -0.113. The van der Waals surface area contributed by atoms with Crippen molar-refractivity contribution in [3.63, 3.8) is 0 Å². The summed E-state index contributed by atoms with van der Waals surface area (Å²) in [5, 5.41) is 4.02. The third-order valence-corrected chi connectivity index (χ3v) is 4.84. The second kappa shape index (κ2) is 6.95. The lowest BCUT2D eigenvalue weighted by atomic mass is 10.2. The molecule has 0 fully saturated rings. The molecular formula is C16H13BrClN3OS. The highest BCUT2D eigenvalue weighted by Crippen LogP contribution is 2.26. The SMILES string of the molecule is Cc1ccc2nc(SCC(=O)Nc3ccc(Br)cc3Cl)[nH]c2c1. The van der Waals surface area contributed by atoms with Crippen LogP contribution in [-0.2, 0) is 4.79 Å². The summed E-state index contributed by atoms with van der Waals surface area (Å²) in [5.41, 5.74) is 3.64. The predicted molar refractivity (Wildman–Crippen MR) is 99.3 cm³/mol. The summed E-state index contributed by atoms with van der Waals surface area (Å²) < 4.78 is 0.868. The fourth-order valence-electron chi connectivity index (χ4n) is 2.08. The van der Waals surface area contributed by atoms with E-state index in [4.69, 9.17) is 11.6 Å². The first-order chi connectivity index (χ1) is 11.0. The molecule has 0 aliphatic heterocycles. The van der Waals surface area contributed by atoms with E-state index < -0.39 is 0 Å². The van der Waals surface area contributed by atoms with E-state index in [1.54, 1.807) is 12.1 Å². The monoisotopic (exact) mass is 409 g/mol. The summed E-state index contributed by atoms with van der Waals surface area (Å²) in [7, 11) is 0. The highest BCUT2D eigenvalue weighted by molar-refractivity contribution is 9.10. The number of benzene rings is 2. The summed E-state index contributed by atoms with van der Waals surface area (Å²) in [4.78, 5) is 19.7. The van der Waals surface area contributed by atoms with Gasteiger partial charge in [0.05, 0.1) is 27.5 Å². The zero-order valence-corrected chi connectivity index (χ0v) is 15.3. The third kappa shape index (κ3) is 4.07. The van der Waals surface area contributed by atoms with Gasteiger partial charge in [-0.05, 0) is 42.8 Å². The molecule has 0 unspecified atom stereocenters. The van der Waals surface area contributed by atoms with Crippen molar-refractivity contribution in [1.29, 1.82) is 0 Å². The van der Waals surface area contributed by atoms with Crippen molar-refractivity contribution in [2.24, 2.45) is 0 Å². The first-order valence-electron chi connectivity index (χ1n) is 6.85. The molecule has 0 spiro atoms. The van der Waals surface area contributed by atoms with Gasteiger partial charge in [-0.2, -0.15) is 0 Å². The molecule has 0 bridgehead atoms. The van der Waals surface area contributed by atoms with Gasteiger partial charge in [0.2, 0.25) is 5.91 Å². The Bertz CT molecular complexity index is 881. The highest BCUT2D eigenvalue weighted by atomic mass is 79.9. The number of aromatic amines is 1. The number of aryl methyl sites for hydroxylation is 1. The van der Waals surface area contributed by atoms with Crippen LogP contribution in [0.25, 0.3) is 11.0 Å². The number of nitrogens with one attached hydrogen (secondary N) is 2. The van der Waals surface area contributed by atoms with Crippen molar-refractivity contribution in [3.05, 3.63) is 51.5 Å². The molecule has 3 rings (SSSR count). The number of thioether (sulfide) groups is 1. The number of amides is 1. The van der Waals surface area contributed by atoms with Crippen LogP contribution in [-0.4, -0.2) is 21.6 Å². The van der Waals surface area contributed by atoms with E-state index in [1.165, 1.54) is 17.3 Å². The second-order valence-electron chi connectivity index (χ2n) is 5.02. The van der Waals surface area contributed by atoms with Gasteiger partial charge < -0.3 is 10.3 Å². The van der Waals surface area contributed by atoms with Crippen LogP contribution in [0, 0.1) is 6.92 Å². The molecule has 0 atom stereocenters. The minimum absolute atomic E-state index is 0.129. The largest absolute Gasteiger partial charge is 0.333 e. The number of H-pyrrole nitrogens is 1. The Morgan fingerprint density at radius 1 is 1.35 bits per heavy atom. The van der Waals surface area contributed by atoms with E-state index in [0.717, 1.165) is 20.7 Å². The predicted octanol–water partition coefficient (Wildman–Crippen LogP) is 5.02. The van der Waals surface area contributed by atoms with Crippen LogP contribution >= 0.6 is 39.3 Å². The molecular weight excluding hydrogens is 398 g/mol. The van der Waals surface area contributed by atoms with Crippen LogP contribution < -0.4 is 5.32 Å². The Morgan fingerprint density at radius 3 is 2.96 bits per heavy atom. The summed E-state index contributed by atoms with van der Waals surface area (Å²) in [6.45, 7) is 2.03. The van der Waals surface area contributed by atoms with Crippen LogP contribution in [0.2, 0.25) is 5.02 Å². The van der Waals surface area contributed by atoms with Gasteiger partial charge in [0, 0.05) is 4.47 Å². The van der Waals surface area contributed by atoms with Crippen LogP contribution in [0.4, 0.5) is 5.69 Å². The average molecular weight is 411 g/mol. The first-order valence-corrected chi connectivity index (χ1v) is 9.01. The van der Waals surface area contributed by atoms with E-state index in [1.807, 2.05) is 31.2 Å². The fourth-order valence-corrected chi connectivity index (χ4v) is 3.49. The third-order valence-electron chi connectivity index (χ3n) is 3.16. The van der Waals surface area contributed by atoms with Gasteiger partial charge in [0.1, 0.15) is 0 Å². The molecule has 1 amide bonds. The average Bonchev–Trinajstić information content (AvgIpc) is 2.90. The van der Waals surface area contributed by atoms with Crippen LogP contribution in [0.3, 0.4) is 0 Å². The topological polar surface area (TPSA) is 57.8 Å². The van der Waals surface area contributed by atoms with Gasteiger partial charge in [0.25, 0.3) is 0 Å². The maximum atomic E-state index is 12.0. The summed E-state index contributed by atoms with van der Waals surface area (Å²) >= 11 is 10.8. The molecule has 0 saturated carbocycles. The van der Waals surface area contributed by atoms with Gasteiger partial charge in [-0.1, -0.05) is 45.4 Å². The van der Waals surface area contributed by atoms with Crippen molar-refractivity contribution in [2.75, 3.05) is 11.1 Å². The maximum absolute atomic E-state index is 12.0. The van der Waals surface area contributed by atoms with Crippen molar-refractivity contribution >= 4 is 61.9 Å². The van der Waals surface area contributed by atoms with E-state index >= 15 is 0 Å². The minimum atomic E-state index is -0.129. The number of anilines is 1. The first kappa shape index (κ1) is 16.4. The summed E-state index contributed by atoms with van der Waals surface area (Å²) in [5.74, 6) is 0.126. The summed E-state index contributed by atoms with van der Waals surface area (Å²) in [6, 6.07) is 11.3. The number of carbonyl (C=O) groups is 1. The summed E-state index contributed by atoms with van der Waals surface area (Å²) in [6.07, 6.45) is 0. The number of imidazole rings is 1. The van der Waals surface area contributed by atoms with E-state index in [2.05, 4.69) is 31.2 Å². The Balaban J connectivity index is 1.63. The molecule has 2 aromatic carbocycles. The minimum Gasteiger partial charge on any atom is -0.333 e. The van der Waals surface area contributed by atoms with Crippen molar-refractivity contribution in [1.82, 2.24) is 9.97 Å². The number of nitrogens with zero attached hydrogens (tertiary/aromatic N) is 1. The Morgan fingerprint density at radius 2 is 2.17 bits per heavy atom. The van der Waals surface area contributed by atoms with Crippen molar-refractivity contribution < 1.29 is 4.79 Å². The fraction of sp³-hybridized carbons (Fsp3) is 0.125. The van der Waals surface area contributed by atoms with Gasteiger partial charge in [0.15, 0.2) is 5.16 Å². The van der Waals surface area contributed by atoms with Gasteiger partial charge in [-0.15, -0.1) is 0 Å². The second-order valence-corrected chi connectivity index (χ2v) is 7.31. The lowest BCUT2D eigenvalue weighted by Crippen LogP contribution is -2.14. The molecule has 0 radical (unpaired) electrons. The highest BCUT2D eigenvalue weighted by Gasteiger charge is 2.09. The number of fused-ring (bicyclic) bond motifs is 1. The normalized spacial score (nSPS) is 10.9. The number of hydrogen-bond acceptors (Lipinski definition) is 3. The number of carbonyl (C=O) groups excluding carboxylic acids is 1. The molecule has 0 saturated heterocycles.